The molecule has 0 bridgehead atoms. The molecule has 0 aliphatic heterocycles. The van der Waals surface area contributed by atoms with E-state index in [0.717, 1.165) is 11.9 Å². The Morgan fingerprint density at radius 1 is 1.14 bits per heavy atom. The number of rotatable bonds is 9. The van der Waals surface area contributed by atoms with Crippen LogP contribution in [0.4, 0.5) is 5.69 Å². The number of carbonyl (C=O) groups excluding carboxylic acids is 1. The van der Waals surface area contributed by atoms with Crippen LogP contribution in [0.3, 0.4) is 0 Å². The van der Waals surface area contributed by atoms with Gasteiger partial charge in [-0.3, -0.25) is 20.1 Å². The average molecular weight is 382 g/mol. The van der Waals surface area contributed by atoms with Crippen LogP contribution in [0.1, 0.15) is 23.1 Å². The lowest BCUT2D eigenvalue weighted by Crippen LogP contribution is -2.19. The van der Waals surface area contributed by atoms with Gasteiger partial charge >= 0.3 is 0 Å². The standard InChI is InChI=1S/C20H22N4O4/c25-20(23-26)8-6-14-5-7-16(19(11-14)24(27)28)12-21-10-9-15-13-22-18-4-2-1-3-17(15)18/h1-5,7,11,13,21-22,26H,6,8-10,12H2,(H,23,25). The molecule has 1 aromatic heterocycles. The number of H-pyrrole nitrogens is 1. The lowest BCUT2D eigenvalue weighted by Gasteiger charge is -2.08. The number of nitro groups is 1. The summed E-state index contributed by atoms with van der Waals surface area (Å²) in [6.07, 6.45) is 3.19. The van der Waals surface area contributed by atoms with Gasteiger partial charge in [-0.15, -0.1) is 0 Å². The van der Waals surface area contributed by atoms with E-state index in [2.05, 4.69) is 16.4 Å². The summed E-state index contributed by atoms with van der Waals surface area (Å²) in [6.45, 7) is 1.08. The van der Waals surface area contributed by atoms with E-state index in [1.54, 1.807) is 17.6 Å². The van der Waals surface area contributed by atoms with Crippen molar-refractivity contribution in [2.45, 2.75) is 25.8 Å². The summed E-state index contributed by atoms with van der Waals surface area (Å²) in [5.74, 6) is -0.523. The fourth-order valence-electron chi connectivity index (χ4n) is 3.18. The number of hydrogen-bond acceptors (Lipinski definition) is 5. The van der Waals surface area contributed by atoms with Crippen molar-refractivity contribution in [2.75, 3.05) is 6.54 Å². The van der Waals surface area contributed by atoms with Crippen molar-refractivity contribution in [3.05, 3.63) is 75.5 Å². The maximum Gasteiger partial charge on any atom is 0.274 e. The van der Waals surface area contributed by atoms with Gasteiger partial charge in [-0.05, 0) is 36.6 Å². The maximum atomic E-state index is 11.4. The Hall–Kier alpha value is -3.23. The summed E-state index contributed by atoms with van der Waals surface area (Å²) in [5, 5.41) is 24.4. The van der Waals surface area contributed by atoms with Crippen molar-refractivity contribution in [1.29, 1.82) is 0 Å². The SMILES string of the molecule is O=C(CCc1ccc(CNCCc2c[nH]c3ccccc23)c([N+](=O)[O-])c1)NO. The molecule has 0 fully saturated rings. The molecule has 0 saturated carbocycles. The first-order valence-electron chi connectivity index (χ1n) is 9.03. The third-order valence-electron chi connectivity index (χ3n) is 4.67. The molecule has 0 spiro atoms. The first-order valence-corrected chi connectivity index (χ1v) is 9.03. The van der Waals surface area contributed by atoms with Gasteiger partial charge in [-0.2, -0.15) is 0 Å². The highest BCUT2D eigenvalue weighted by molar-refractivity contribution is 5.83. The molecule has 1 heterocycles. The van der Waals surface area contributed by atoms with Gasteiger partial charge in [0.1, 0.15) is 0 Å². The molecular weight excluding hydrogens is 360 g/mol. The lowest BCUT2D eigenvalue weighted by atomic mass is 10.0. The normalized spacial score (nSPS) is 10.9. The monoisotopic (exact) mass is 382 g/mol. The molecule has 146 valence electrons. The van der Waals surface area contributed by atoms with E-state index < -0.39 is 10.8 Å². The van der Waals surface area contributed by atoms with Crippen molar-refractivity contribution in [3.63, 3.8) is 0 Å². The van der Waals surface area contributed by atoms with Gasteiger partial charge in [0, 0.05) is 41.7 Å². The third kappa shape index (κ3) is 4.73. The van der Waals surface area contributed by atoms with Crippen molar-refractivity contribution in [3.8, 4) is 0 Å². The Balaban J connectivity index is 1.58. The second-order valence-corrected chi connectivity index (χ2v) is 6.54. The second kappa shape index (κ2) is 9.12. The average Bonchev–Trinajstić information content (AvgIpc) is 3.12. The highest BCUT2D eigenvalue weighted by Crippen LogP contribution is 2.22. The van der Waals surface area contributed by atoms with E-state index in [-0.39, 0.29) is 12.1 Å². The second-order valence-electron chi connectivity index (χ2n) is 6.54. The van der Waals surface area contributed by atoms with Gasteiger partial charge in [-0.1, -0.05) is 30.3 Å². The number of carbonyl (C=O) groups is 1. The van der Waals surface area contributed by atoms with Crippen molar-refractivity contribution in [1.82, 2.24) is 15.8 Å². The predicted molar refractivity (Wildman–Crippen MR) is 105 cm³/mol. The Morgan fingerprint density at radius 2 is 1.96 bits per heavy atom. The highest BCUT2D eigenvalue weighted by atomic mass is 16.6. The van der Waals surface area contributed by atoms with Crippen molar-refractivity contribution >= 4 is 22.5 Å². The summed E-state index contributed by atoms with van der Waals surface area (Å²) in [5.41, 5.74) is 5.16. The van der Waals surface area contributed by atoms with E-state index >= 15 is 0 Å². The summed E-state index contributed by atoms with van der Waals surface area (Å²) < 4.78 is 0. The molecule has 0 aliphatic rings. The smallest absolute Gasteiger partial charge is 0.274 e. The quantitative estimate of drug-likeness (QED) is 0.196. The molecule has 0 aliphatic carbocycles. The maximum absolute atomic E-state index is 11.4. The fraction of sp³-hybridized carbons (Fsp3) is 0.250. The minimum atomic E-state index is -0.523. The number of fused-ring (bicyclic) bond motifs is 1. The molecule has 3 aromatic rings. The number of benzene rings is 2. The Morgan fingerprint density at radius 3 is 2.75 bits per heavy atom. The Bertz CT molecular complexity index is 983. The minimum absolute atomic E-state index is 0.0292. The van der Waals surface area contributed by atoms with E-state index in [1.165, 1.54) is 17.0 Å². The third-order valence-corrected chi connectivity index (χ3v) is 4.67. The molecule has 8 heteroatoms. The molecule has 8 nitrogen and oxygen atoms in total. The van der Waals surface area contributed by atoms with Crippen LogP contribution in [0, 0.1) is 10.1 Å². The summed E-state index contributed by atoms with van der Waals surface area (Å²) in [4.78, 5) is 25.3. The van der Waals surface area contributed by atoms with E-state index in [0.29, 0.717) is 30.6 Å². The molecule has 28 heavy (non-hydrogen) atoms. The number of nitrogens with one attached hydrogen (secondary N) is 3. The molecule has 2 aromatic carbocycles. The molecule has 3 rings (SSSR count). The van der Waals surface area contributed by atoms with Gasteiger partial charge in [0.05, 0.1) is 4.92 Å². The van der Waals surface area contributed by atoms with Crippen LogP contribution in [0.15, 0.2) is 48.7 Å². The number of aromatic nitrogens is 1. The first kappa shape index (κ1) is 19.5. The van der Waals surface area contributed by atoms with Crippen molar-refractivity contribution in [2.24, 2.45) is 0 Å². The van der Waals surface area contributed by atoms with Crippen LogP contribution in [0.5, 0.6) is 0 Å². The van der Waals surface area contributed by atoms with Gasteiger partial charge < -0.3 is 10.3 Å². The number of nitro benzene ring substituents is 1. The van der Waals surface area contributed by atoms with Crippen LogP contribution in [0.25, 0.3) is 10.9 Å². The molecule has 0 atom stereocenters. The van der Waals surface area contributed by atoms with Crippen LogP contribution >= 0.6 is 0 Å². The zero-order valence-corrected chi connectivity index (χ0v) is 15.3. The molecule has 4 N–H and O–H groups in total. The summed E-state index contributed by atoms with van der Waals surface area (Å²) in [7, 11) is 0. The number of hydrogen-bond donors (Lipinski definition) is 4. The van der Waals surface area contributed by atoms with E-state index in [4.69, 9.17) is 5.21 Å². The van der Waals surface area contributed by atoms with Crippen molar-refractivity contribution < 1.29 is 14.9 Å². The summed E-state index contributed by atoms with van der Waals surface area (Å²) in [6, 6.07) is 13.1. The van der Waals surface area contributed by atoms with Gasteiger partial charge in [0.25, 0.3) is 5.69 Å². The van der Waals surface area contributed by atoms with Gasteiger partial charge in [0.15, 0.2) is 0 Å². The minimum Gasteiger partial charge on any atom is -0.361 e. The number of aryl methyl sites for hydroxylation is 1. The molecular formula is C20H22N4O4. The zero-order chi connectivity index (χ0) is 19.9. The topological polar surface area (TPSA) is 120 Å². The predicted octanol–water partition coefficient (Wildman–Crippen LogP) is 2.85. The first-order chi connectivity index (χ1) is 13.6. The zero-order valence-electron chi connectivity index (χ0n) is 15.3. The Labute approximate surface area is 161 Å². The van der Waals surface area contributed by atoms with Crippen LogP contribution in [-0.2, 0) is 24.2 Å². The van der Waals surface area contributed by atoms with Gasteiger partial charge in [0.2, 0.25) is 5.91 Å². The molecule has 0 saturated heterocycles. The van der Waals surface area contributed by atoms with Crippen LogP contribution < -0.4 is 10.8 Å². The number of hydroxylamine groups is 1. The largest absolute Gasteiger partial charge is 0.361 e. The number of amides is 1. The number of para-hydroxylation sites is 1. The van der Waals surface area contributed by atoms with Gasteiger partial charge in [-0.25, -0.2) is 5.48 Å². The molecule has 1 amide bonds. The van der Waals surface area contributed by atoms with E-state index in [1.807, 2.05) is 24.4 Å². The lowest BCUT2D eigenvalue weighted by molar-refractivity contribution is -0.385. The number of nitrogens with zero attached hydrogens (tertiary/aromatic N) is 1. The fourth-order valence-corrected chi connectivity index (χ4v) is 3.18. The molecule has 0 radical (unpaired) electrons. The highest BCUT2D eigenvalue weighted by Gasteiger charge is 2.15. The van der Waals surface area contributed by atoms with Crippen LogP contribution in [0.2, 0.25) is 0 Å². The number of aromatic amines is 1. The summed E-state index contributed by atoms with van der Waals surface area (Å²) >= 11 is 0. The molecule has 0 unspecified atom stereocenters. The Kier molecular flexibility index (Phi) is 6.36. The van der Waals surface area contributed by atoms with Crippen LogP contribution in [-0.4, -0.2) is 27.6 Å². The van der Waals surface area contributed by atoms with E-state index in [9.17, 15) is 14.9 Å².